The van der Waals surface area contributed by atoms with Gasteiger partial charge in [-0.25, -0.2) is 4.79 Å². The van der Waals surface area contributed by atoms with Crippen LogP contribution in [0.1, 0.15) is 17.4 Å². The molecule has 7 heteroatoms. The molecule has 0 fully saturated rings. The zero-order valence-corrected chi connectivity index (χ0v) is 17.4. The van der Waals surface area contributed by atoms with E-state index in [1.807, 2.05) is 54.6 Å². The van der Waals surface area contributed by atoms with Crippen LogP contribution in [0.15, 0.2) is 64.2 Å². The molecule has 0 aliphatic carbocycles. The standard InChI is InChI=1S/C23H20ClN3O3/c1-25-19-17(22(28)26(2)23(25)29)18(14-8-10-16(24)11-9-14)27-12-13-30-21(20(19)27)15-6-4-3-5-7-15/h3-11,21H,12-13H2,1-2H3/t21-/m0/s1. The van der Waals surface area contributed by atoms with Crippen LogP contribution in [0.2, 0.25) is 5.02 Å². The van der Waals surface area contributed by atoms with Crippen molar-refractivity contribution in [2.45, 2.75) is 12.6 Å². The summed E-state index contributed by atoms with van der Waals surface area (Å²) in [6.07, 6.45) is -0.374. The van der Waals surface area contributed by atoms with E-state index in [9.17, 15) is 9.59 Å². The molecule has 3 heterocycles. The molecule has 5 rings (SSSR count). The lowest BCUT2D eigenvalue weighted by Gasteiger charge is -2.27. The highest BCUT2D eigenvalue weighted by Gasteiger charge is 2.32. The maximum atomic E-state index is 13.3. The molecule has 0 spiro atoms. The van der Waals surface area contributed by atoms with Gasteiger partial charge in [-0.1, -0.05) is 54.1 Å². The molecule has 0 saturated carbocycles. The molecule has 0 saturated heterocycles. The van der Waals surface area contributed by atoms with Gasteiger partial charge in [-0.05, 0) is 23.3 Å². The third-order valence-corrected chi connectivity index (χ3v) is 6.02. The van der Waals surface area contributed by atoms with Crippen LogP contribution >= 0.6 is 11.6 Å². The first-order valence-electron chi connectivity index (χ1n) is 9.73. The van der Waals surface area contributed by atoms with Gasteiger partial charge in [-0.2, -0.15) is 0 Å². The summed E-state index contributed by atoms with van der Waals surface area (Å²) in [5.74, 6) is 0. The molecule has 0 N–H and O–H groups in total. The van der Waals surface area contributed by atoms with Gasteiger partial charge in [0, 0.05) is 25.7 Å². The number of ether oxygens (including phenoxy) is 1. The van der Waals surface area contributed by atoms with Crippen molar-refractivity contribution in [2.75, 3.05) is 6.61 Å². The Bertz CT molecular complexity index is 1380. The van der Waals surface area contributed by atoms with Crippen molar-refractivity contribution in [1.29, 1.82) is 0 Å². The third kappa shape index (κ3) is 2.68. The summed E-state index contributed by atoms with van der Waals surface area (Å²) in [6, 6.07) is 17.3. The molecule has 1 atom stereocenters. The molecule has 0 unspecified atom stereocenters. The van der Waals surface area contributed by atoms with Crippen molar-refractivity contribution in [3.05, 3.63) is 91.7 Å². The smallest absolute Gasteiger partial charge is 0.331 e. The van der Waals surface area contributed by atoms with E-state index in [4.69, 9.17) is 16.3 Å². The molecule has 2 aromatic carbocycles. The Morgan fingerprint density at radius 1 is 0.967 bits per heavy atom. The fourth-order valence-corrected chi connectivity index (χ4v) is 4.50. The van der Waals surface area contributed by atoms with Crippen LogP contribution in [-0.4, -0.2) is 20.3 Å². The summed E-state index contributed by atoms with van der Waals surface area (Å²) >= 11 is 6.10. The van der Waals surface area contributed by atoms with Gasteiger partial charge < -0.3 is 9.30 Å². The van der Waals surface area contributed by atoms with E-state index in [1.54, 1.807) is 11.6 Å². The Hall–Kier alpha value is -3.09. The number of nitrogens with zero attached hydrogens (tertiary/aromatic N) is 3. The number of aromatic nitrogens is 3. The highest BCUT2D eigenvalue weighted by molar-refractivity contribution is 6.30. The molecular weight excluding hydrogens is 402 g/mol. The topological polar surface area (TPSA) is 58.2 Å². The van der Waals surface area contributed by atoms with Crippen LogP contribution in [0.25, 0.3) is 22.2 Å². The summed E-state index contributed by atoms with van der Waals surface area (Å²) in [7, 11) is 3.21. The van der Waals surface area contributed by atoms with Crippen molar-refractivity contribution >= 4 is 22.5 Å². The summed E-state index contributed by atoms with van der Waals surface area (Å²) in [4.78, 5) is 26.1. The van der Waals surface area contributed by atoms with Crippen LogP contribution in [0.4, 0.5) is 0 Å². The number of hydrogen-bond donors (Lipinski definition) is 0. The fourth-order valence-electron chi connectivity index (χ4n) is 4.37. The summed E-state index contributed by atoms with van der Waals surface area (Å²) in [6.45, 7) is 1.09. The van der Waals surface area contributed by atoms with Crippen LogP contribution in [0.3, 0.4) is 0 Å². The molecule has 6 nitrogen and oxygen atoms in total. The SMILES string of the molecule is Cn1c(=O)c2c(-c3ccc(Cl)cc3)n3c(c2n(C)c1=O)[C@H](c1ccccc1)OCC3. The largest absolute Gasteiger partial charge is 0.365 e. The zero-order chi connectivity index (χ0) is 21.0. The second-order valence-corrected chi connectivity index (χ2v) is 7.92. The Labute approximate surface area is 177 Å². The molecule has 1 aliphatic rings. The van der Waals surface area contributed by atoms with E-state index in [2.05, 4.69) is 4.57 Å². The Balaban J connectivity index is 1.96. The Kier molecular flexibility index (Phi) is 4.41. The van der Waals surface area contributed by atoms with Gasteiger partial charge in [0.2, 0.25) is 0 Å². The zero-order valence-electron chi connectivity index (χ0n) is 16.6. The molecule has 0 radical (unpaired) electrons. The van der Waals surface area contributed by atoms with Gasteiger partial charge in [0.25, 0.3) is 5.56 Å². The lowest BCUT2D eigenvalue weighted by atomic mass is 10.0. The molecule has 30 heavy (non-hydrogen) atoms. The van der Waals surface area contributed by atoms with E-state index < -0.39 is 0 Å². The number of halogens is 1. The monoisotopic (exact) mass is 421 g/mol. The molecule has 1 aliphatic heterocycles. The van der Waals surface area contributed by atoms with Gasteiger partial charge in [0.15, 0.2) is 0 Å². The molecule has 152 valence electrons. The average molecular weight is 422 g/mol. The molecular formula is C23H20ClN3O3. The molecule has 4 aromatic rings. The van der Waals surface area contributed by atoms with Crippen LogP contribution in [0.5, 0.6) is 0 Å². The minimum atomic E-state index is -0.374. The first kappa shape index (κ1) is 18.9. The average Bonchev–Trinajstić information content (AvgIpc) is 3.13. The van der Waals surface area contributed by atoms with Crippen molar-refractivity contribution < 1.29 is 4.74 Å². The van der Waals surface area contributed by atoms with Gasteiger partial charge in [-0.15, -0.1) is 0 Å². The first-order valence-corrected chi connectivity index (χ1v) is 10.1. The number of fused-ring (bicyclic) bond motifs is 3. The van der Waals surface area contributed by atoms with Crippen molar-refractivity contribution in [3.8, 4) is 11.3 Å². The van der Waals surface area contributed by atoms with Gasteiger partial charge >= 0.3 is 5.69 Å². The second-order valence-electron chi connectivity index (χ2n) is 7.48. The summed E-state index contributed by atoms with van der Waals surface area (Å²) in [5.41, 5.74) is 3.41. The fraction of sp³-hybridized carbons (Fsp3) is 0.217. The third-order valence-electron chi connectivity index (χ3n) is 5.77. The van der Waals surface area contributed by atoms with E-state index >= 15 is 0 Å². The number of hydrogen-bond acceptors (Lipinski definition) is 3. The maximum Gasteiger partial charge on any atom is 0.331 e. The molecule has 0 bridgehead atoms. The van der Waals surface area contributed by atoms with Gasteiger partial charge in [-0.3, -0.25) is 13.9 Å². The Morgan fingerprint density at radius 3 is 2.37 bits per heavy atom. The van der Waals surface area contributed by atoms with Crippen LogP contribution < -0.4 is 11.2 Å². The van der Waals surface area contributed by atoms with Crippen LogP contribution in [-0.2, 0) is 25.4 Å². The lowest BCUT2D eigenvalue weighted by molar-refractivity contribution is 0.0478. The van der Waals surface area contributed by atoms with Crippen molar-refractivity contribution in [1.82, 2.24) is 13.7 Å². The summed E-state index contributed by atoms with van der Waals surface area (Å²) in [5, 5.41) is 1.14. The first-order chi connectivity index (χ1) is 14.5. The predicted molar refractivity (Wildman–Crippen MR) is 117 cm³/mol. The second kappa shape index (κ2) is 7.00. The highest BCUT2D eigenvalue weighted by atomic mass is 35.5. The minimum Gasteiger partial charge on any atom is -0.365 e. The van der Waals surface area contributed by atoms with Gasteiger partial charge in [0.05, 0.1) is 28.9 Å². The van der Waals surface area contributed by atoms with E-state index in [1.165, 1.54) is 7.05 Å². The quantitative estimate of drug-likeness (QED) is 0.498. The molecule has 2 aromatic heterocycles. The number of rotatable bonds is 2. The number of aryl methyl sites for hydroxylation is 1. The minimum absolute atomic E-state index is 0.313. The van der Waals surface area contributed by atoms with E-state index in [0.29, 0.717) is 29.1 Å². The van der Waals surface area contributed by atoms with Crippen molar-refractivity contribution in [2.24, 2.45) is 14.1 Å². The van der Waals surface area contributed by atoms with Crippen molar-refractivity contribution in [3.63, 3.8) is 0 Å². The van der Waals surface area contributed by atoms with Gasteiger partial charge in [0.1, 0.15) is 6.10 Å². The van der Waals surface area contributed by atoms with E-state index in [0.717, 1.165) is 27.1 Å². The molecule has 0 amide bonds. The summed E-state index contributed by atoms with van der Waals surface area (Å²) < 4.78 is 11.0. The number of benzene rings is 2. The predicted octanol–water partition coefficient (Wildman–Crippen LogP) is 3.48. The maximum absolute atomic E-state index is 13.3. The van der Waals surface area contributed by atoms with Crippen LogP contribution in [0, 0.1) is 0 Å². The Morgan fingerprint density at radius 2 is 1.67 bits per heavy atom. The lowest BCUT2D eigenvalue weighted by Crippen LogP contribution is -2.37. The normalized spacial score (nSPS) is 16.0. The highest BCUT2D eigenvalue weighted by Crippen LogP contribution is 2.40. The van der Waals surface area contributed by atoms with E-state index in [-0.39, 0.29) is 17.4 Å².